The average Bonchev–Trinajstić information content (AvgIpc) is 2.97. The van der Waals surface area contributed by atoms with Crippen LogP contribution in [0.15, 0.2) is 94.8 Å². The van der Waals surface area contributed by atoms with E-state index in [9.17, 15) is 9.59 Å². The van der Waals surface area contributed by atoms with Gasteiger partial charge in [0.2, 0.25) is 5.91 Å². The van der Waals surface area contributed by atoms with E-state index in [2.05, 4.69) is 40.9 Å². The molecule has 40 heavy (non-hydrogen) atoms. The van der Waals surface area contributed by atoms with E-state index < -0.39 is 0 Å². The third kappa shape index (κ3) is 9.85. The number of aliphatic imine (C=N–C) groups is 1. The molecule has 2 radical (unpaired) electrons. The lowest BCUT2D eigenvalue weighted by Gasteiger charge is -2.35. The minimum atomic E-state index is -0.219. The van der Waals surface area contributed by atoms with Crippen LogP contribution in [0, 0.1) is 11.8 Å². The second-order valence-electron chi connectivity index (χ2n) is 9.66. The standard InChI is InChI=1S/C30H37BN4O2.C2H6.CH4/c1-5-25(29(36)6-2)27-16-24(17-28(34-27)26(31)19-32-4)33-18-23-13-10-14-35(20-23)30(37)21(3)15-22-11-8-7-9-12-22;1-2;/h5-9,11-12,16,19,21,23,33-34H,1-2,10,13-15,17-18,20H2,3-4H3;1-2H3;1H4/b27-25-,28-26-,32-19?;;. The highest BCUT2D eigenvalue weighted by molar-refractivity contribution is 6.33. The van der Waals surface area contributed by atoms with Crippen LogP contribution >= 0.6 is 0 Å². The molecule has 2 aliphatic rings. The number of amides is 1. The van der Waals surface area contributed by atoms with E-state index >= 15 is 0 Å². The first-order valence-electron chi connectivity index (χ1n) is 13.8. The van der Waals surface area contributed by atoms with Crippen LogP contribution in [0.4, 0.5) is 0 Å². The van der Waals surface area contributed by atoms with E-state index in [0.717, 1.165) is 50.3 Å². The Morgan fingerprint density at radius 3 is 2.55 bits per heavy atom. The number of benzene rings is 1. The normalized spacial score (nSPS) is 19.9. The number of piperidine rings is 1. The third-order valence-electron chi connectivity index (χ3n) is 6.79. The molecule has 6 nitrogen and oxygen atoms in total. The quantitative estimate of drug-likeness (QED) is 0.232. The molecular weight excluding hydrogens is 495 g/mol. The summed E-state index contributed by atoms with van der Waals surface area (Å²) < 4.78 is 0. The summed E-state index contributed by atoms with van der Waals surface area (Å²) in [6.45, 7) is 15.7. The molecule has 0 aromatic heterocycles. The lowest BCUT2D eigenvalue weighted by molar-refractivity contribution is -0.136. The fraction of sp³-hybridized carbons (Fsp3) is 0.424. The van der Waals surface area contributed by atoms with Gasteiger partial charge in [0.05, 0.1) is 5.70 Å². The molecule has 1 aromatic carbocycles. The van der Waals surface area contributed by atoms with Crippen molar-refractivity contribution >= 4 is 25.8 Å². The van der Waals surface area contributed by atoms with Crippen LogP contribution < -0.4 is 10.6 Å². The van der Waals surface area contributed by atoms with Crippen molar-refractivity contribution in [2.24, 2.45) is 16.8 Å². The lowest BCUT2D eigenvalue weighted by atomic mass is 9.90. The zero-order chi connectivity index (χ0) is 28.8. The zero-order valence-electron chi connectivity index (χ0n) is 24.0. The lowest BCUT2D eigenvalue weighted by Crippen LogP contribution is -2.45. The summed E-state index contributed by atoms with van der Waals surface area (Å²) in [5.74, 6) is 0.281. The second-order valence-corrected chi connectivity index (χ2v) is 9.66. The molecule has 3 rings (SSSR count). The summed E-state index contributed by atoms with van der Waals surface area (Å²) in [5.41, 5.74) is 4.43. The smallest absolute Gasteiger partial charge is 0.225 e. The Balaban J connectivity index is 0.00000261. The van der Waals surface area contributed by atoms with Crippen molar-refractivity contribution in [2.75, 3.05) is 26.7 Å². The first kappa shape index (κ1) is 34.4. The van der Waals surface area contributed by atoms with E-state index in [0.29, 0.717) is 29.1 Å². The highest BCUT2D eigenvalue weighted by atomic mass is 16.2. The van der Waals surface area contributed by atoms with Gasteiger partial charge in [-0.2, -0.15) is 0 Å². The molecule has 1 saturated heterocycles. The summed E-state index contributed by atoms with van der Waals surface area (Å²) in [7, 11) is 7.88. The van der Waals surface area contributed by atoms with E-state index in [1.165, 1.54) is 17.7 Å². The maximum atomic E-state index is 13.2. The molecule has 1 amide bonds. The average molecular weight is 543 g/mol. The monoisotopic (exact) mass is 542 g/mol. The van der Waals surface area contributed by atoms with Crippen molar-refractivity contribution in [2.45, 2.75) is 53.9 Å². The van der Waals surface area contributed by atoms with E-state index in [4.69, 9.17) is 7.85 Å². The maximum Gasteiger partial charge on any atom is 0.225 e. The van der Waals surface area contributed by atoms with Crippen molar-refractivity contribution < 1.29 is 9.59 Å². The Hall–Kier alpha value is -3.61. The number of carbonyl (C=O) groups is 2. The molecule has 7 heteroatoms. The Bertz CT molecular complexity index is 1130. The largest absolute Gasteiger partial charge is 0.388 e. The molecule has 1 fully saturated rings. The summed E-state index contributed by atoms with van der Waals surface area (Å²) >= 11 is 0. The number of hydrogen-bond donors (Lipinski definition) is 2. The van der Waals surface area contributed by atoms with Gasteiger partial charge in [-0.05, 0) is 42.9 Å². The summed E-state index contributed by atoms with van der Waals surface area (Å²) in [5, 5.41) is 6.82. The summed E-state index contributed by atoms with van der Waals surface area (Å²) in [6, 6.07) is 10.2. The van der Waals surface area contributed by atoms with Crippen molar-refractivity contribution in [3.05, 3.63) is 95.4 Å². The van der Waals surface area contributed by atoms with Gasteiger partial charge < -0.3 is 15.5 Å². The number of rotatable bonds is 10. The van der Waals surface area contributed by atoms with Crippen molar-refractivity contribution in [3.63, 3.8) is 0 Å². The number of nitrogens with zero attached hydrogens (tertiary/aromatic N) is 2. The first-order chi connectivity index (χ1) is 18.9. The fourth-order valence-electron chi connectivity index (χ4n) is 4.84. The zero-order valence-corrected chi connectivity index (χ0v) is 24.0. The highest BCUT2D eigenvalue weighted by Crippen LogP contribution is 2.24. The van der Waals surface area contributed by atoms with Crippen molar-refractivity contribution in [1.29, 1.82) is 0 Å². The molecule has 0 saturated carbocycles. The van der Waals surface area contributed by atoms with Crippen LogP contribution in [0.3, 0.4) is 0 Å². The molecule has 214 valence electrons. The van der Waals surface area contributed by atoms with Crippen molar-refractivity contribution in [1.82, 2.24) is 15.5 Å². The Morgan fingerprint density at radius 2 is 1.93 bits per heavy atom. The molecule has 2 atom stereocenters. The van der Waals surface area contributed by atoms with Gasteiger partial charge in [-0.15, -0.1) is 0 Å². The van der Waals surface area contributed by atoms with Gasteiger partial charge in [0, 0.05) is 62.2 Å². The highest BCUT2D eigenvalue weighted by Gasteiger charge is 2.27. The number of ketones is 1. The summed E-state index contributed by atoms with van der Waals surface area (Å²) in [4.78, 5) is 31.6. The van der Waals surface area contributed by atoms with Gasteiger partial charge >= 0.3 is 0 Å². The number of hydrogen-bond acceptors (Lipinski definition) is 5. The second kappa shape index (κ2) is 17.9. The molecule has 2 heterocycles. The predicted molar refractivity (Wildman–Crippen MR) is 170 cm³/mol. The molecule has 2 aliphatic heterocycles. The molecular formula is C33H47BN4O2. The molecule has 1 aromatic rings. The Morgan fingerprint density at radius 1 is 1.23 bits per heavy atom. The number of likely N-dealkylation sites (tertiary alicyclic amines) is 1. The van der Waals surface area contributed by atoms with Gasteiger partial charge in [-0.25, -0.2) is 0 Å². The number of allylic oxidation sites excluding steroid dienone is 5. The van der Waals surface area contributed by atoms with Crippen LogP contribution in [0.5, 0.6) is 0 Å². The summed E-state index contributed by atoms with van der Waals surface area (Å²) in [6.07, 6.45) is 9.65. The minimum absolute atomic E-state index is 0. The molecule has 0 aliphatic carbocycles. The van der Waals surface area contributed by atoms with Crippen LogP contribution in [0.2, 0.25) is 0 Å². The van der Waals surface area contributed by atoms with Gasteiger partial charge in [-0.1, -0.05) is 83.2 Å². The fourth-order valence-corrected chi connectivity index (χ4v) is 4.84. The van der Waals surface area contributed by atoms with E-state index in [1.54, 1.807) is 13.3 Å². The third-order valence-corrected chi connectivity index (χ3v) is 6.79. The van der Waals surface area contributed by atoms with Crippen LogP contribution in [-0.2, 0) is 16.0 Å². The minimum Gasteiger partial charge on any atom is -0.388 e. The van der Waals surface area contributed by atoms with Gasteiger partial charge in [0.25, 0.3) is 0 Å². The van der Waals surface area contributed by atoms with E-state index in [-0.39, 0.29) is 25.0 Å². The molecule has 0 spiro atoms. The maximum absolute atomic E-state index is 13.2. The van der Waals surface area contributed by atoms with Crippen molar-refractivity contribution in [3.8, 4) is 0 Å². The first-order valence-corrected chi connectivity index (χ1v) is 13.8. The van der Waals surface area contributed by atoms with Crippen LogP contribution in [0.25, 0.3) is 0 Å². The van der Waals surface area contributed by atoms with Crippen LogP contribution in [0.1, 0.15) is 53.0 Å². The number of carbonyl (C=O) groups excluding carboxylic acids is 2. The molecule has 2 unspecified atom stereocenters. The molecule has 0 bridgehead atoms. The van der Waals surface area contributed by atoms with Gasteiger partial charge in [0.15, 0.2) is 5.78 Å². The van der Waals surface area contributed by atoms with Gasteiger partial charge in [-0.3, -0.25) is 14.6 Å². The number of nitrogens with one attached hydrogen (secondary N) is 2. The molecule has 2 N–H and O–H groups in total. The SMILES string of the molecule is C.CC.[B]/C(C=NC)=C1/CC(NCC2CCCN(C(=O)C(C)Cc3ccccc3)C2)=C/C(=C(\C=C)C(=O)C=C)N1. The topological polar surface area (TPSA) is 73.8 Å². The Kier molecular flexibility index (Phi) is 15.4. The predicted octanol–water partition coefficient (Wildman–Crippen LogP) is 5.51. The van der Waals surface area contributed by atoms with Gasteiger partial charge in [0.1, 0.15) is 7.85 Å². The van der Waals surface area contributed by atoms with E-state index in [1.807, 2.05) is 49.9 Å². The van der Waals surface area contributed by atoms with Crippen LogP contribution in [-0.4, -0.2) is 57.3 Å². The Labute approximate surface area is 243 Å².